The first-order valence-electron chi connectivity index (χ1n) is 11.0. The molecule has 3 aliphatic carbocycles. The zero-order valence-electron chi connectivity index (χ0n) is 18.5. The van der Waals surface area contributed by atoms with Crippen LogP contribution in [0, 0.1) is 17.8 Å². The van der Waals surface area contributed by atoms with Gasteiger partial charge >= 0.3 is 0 Å². The number of hydrogen-bond acceptors (Lipinski definition) is 7. The van der Waals surface area contributed by atoms with Gasteiger partial charge in [0.05, 0.1) is 19.7 Å². The highest BCUT2D eigenvalue weighted by molar-refractivity contribution is 5.91. The molecule has 2 aromatic rings. The van der Waals surface area contributed by atoms with Crippen LogP contribution in [0.5, 0.6) is 11.5 Å². The van der Waals surface area contributed by atoms with Gasteiger partial charge in [-0.25, -0.2) is 4.98 Å². The normalized spacial score (nSPS) is 24.4. The average molecular weight is 460 g/mol. The van der Waals surface area contributed by atoms with Crippen LogP contribution in [0.3, 0.4) is 0 Å². The third kappa shape index (κ3) is 3.92. The molecule has 1 saturated carbocycles. The molecule has 2 heterocycles. The van der Waals surface area contributed by atoms with E-state index in [1.54, 1.807) is 20.3 Å². The van der Waals surface area contributed by atoms with Gasteiger partial charge in [-0.3, -0.25) is 4.79 Å². The van der Waals surface area contributed by atoms with Crippen LogP contribution in [-0.2, 0) is 4.79 Å². The van der Waals surface area contributed by atoms with E-state index >= 15 is 0 Å². The first kappa shape index (κ1) is 22.5. The van der Waals surface area contributed by atoms with Crippen molar-refractivity contribution in [1.29, 1.82) is 0 Å². The molecule has 9 heteroatoms. The number of anilines is 2. The lowest BCUT2D eigenvalue weighted by atomic mass is 9.68. The van der Waals surface area contributed by atoms with Crippen LogP contribution in [-0.4, -0.2) is 61.2 Å². The summed E-state index contributed by atoms with van der Waals surface area (Å²) in [6.45, 7) is 2.76. The Morgan fingerprint density at radius 3 is 2.34 bits per heavy atom. The number of nitrogen functional groups attached to an aromatic ring is 1. The van der Waals surface area contributed by atoms with Gasteiger partial charge in [-0.1, -0.05) is 12.2 Å². The molecule has 1 amide bonds. The number of nitrogens with two attached hydrogens (primary N) is 1. The number of benzene rings is 1. The van der Waals surface area contributed by atoms with Gasteiger partial charge in [-0.05, 0) is 37.2 Å². The maximum absolute atomic E-state index is 13.1. The molecule has 6 rings (SSSR count). The predicted octanol–water partition coefficient (Wildman–Crippen LogP) is 2.90. The number of fused-ring (bicyclic) bond motifs is 3. The Kier molecular flexibility index (Phi) is 6.33. The molecule has 3 unspecified atom stereocenters. The second-order valence-electron chi connectivity index (χ2n) is 8.67. The summed E-state index contributed by atoms with van der Waals surface area (Å²) in [6, 6.07) is 3.62. The summed E-state index contributed by atoms with van der Waals surface area (Å²) in [5, 5.41) is 0.732. The molecular formula is C23H30ClN5O3. The van der Waals surface area contributed by atoms with Crippen LogP contribution in [0.1, 0.15) is 19.3 Å². The first-order chi connectivity index (χ1) is 15.1. The number of carbonyl (C=O) groups is 1. The number of carbonyl (C=O) groups excluding carboxylic acids is 1. The zero-order valence-corrected chi connectivity index (χ0v) is 19.3. The van der Waals surface area contributed by atoms with E-state index in [0.29, 0.717) is 72.7 Å². The molecule has 1 aromatic heterocycles. The second-order valence-corrected chi connectivity index (χ2v) is 8.67. The number of amides is 1. The molecule has 32 heavy (non-hydrogen) atoms. The molecule has 2 fully saturated rings. The van der Waals surface area contributed by atoms with Gasteiger partial charge in [0.1, 0.15) is 5.82 Å². The SMILES string of the molecule is COc1cc2nc(N3CCN(C(=O)C4CC5C=CC4CC5)CC3)nc(N)c2cc1OC.Cl. The molecule has 1 saturated heterocycles. The Hall–Kier alpha value is -2.74. The third-order valence-electron chi connectivity index (χ3n) is 6.98. The highest BCUT2D eigenvalue weighted by Gasteiger charge is 2.39. The predicted molar refractivity (Wildman–Crippen MR) is 127 cm³/mol. The van der Waals surface area contributed by atoms with Crippen LogP contribution in [0.2, 0.25) is 0 Å². The van der Waals surface area contributed by atoms with Gasteiger partial charge in [0.2, 0.25) is 11.9 Å². The van der Waals surface area contributed by atoms with Crippen molar-refractivity contribution < 1.29 is 14.3 Å². The van der Waals surface area contributed by atoms with E-state index in [-0.39, 0.29) is 18.3 Å². The molecule has 172 valence electrons. The van der Waals surface area contributed by atoms with Gasteiger partial charge < -0.3 is 25.0 Å². The molecule has 0 radical (unpaired) electrons. The summed E-state index contributed by atoms with van der Waals surface area (Å²) in [4.78, 5) is 26.5. The van der Waals surface area contributed by atoms with Gasteiger partial charge in [0.25, 0.3) is 0 Å². The van der Waals surface area contributed by atoms with Gasteiger partial charge in [0.15, 0.2) is 11.5 Å². The fraction of sp³-hybridized carbons (Fsp3) is 0.522. The summed E-state index contributed by atoms with van der Waals surface area (Å²) in [5.74, 6) is 3.67. The number of rotatable bonds is 4. The number of halogens is 1. The van der Waals surface area contributed by atoms with E-state index in [2.05, 4.69) is 22.0 Å². The standard InChI is InChI=1S/C23H29N5O3.ClH/c1-30-19-12-17-18(13-20(19)31-2)25-23(26-21(17)24)28-9-7-27(8-10-28)22(29)16-11-14-3-5-15(16)6-4-14;/h3,5,12-16H,4,6-11H2,1-2H3,(H2,24,25,26);1H. The Morgan fingerprint density at radius 1 is 1.03 bits per heavy atom. The van der Waals surface area contributed by atoms with Gasteiger partial charge in [-0.2, -0.15) is 4.98 Å². The first-order valence-corrected chi connectivity index (χ1v) is 11.0. The molecular weight excluding hydrogens is 430 g/mol. The number of hydrogen-bond donors (Lipinski definition) is 1. The molecule has 2 N–H and O–H groups in total. The molecule has 2 bridgehead atoms. The molecule has 1 aromatic carbocycles. The van der Waals surface area contributed by atoms with Crippen molar-refractivity contribution in [3.63, 3.8) is 0 Å². The number of aromatic nitrogens is 2. The van der Waals surface area contributed by atoms with Crippen LogP contribution in [0.4, 0.5) is 11.8 Å². The van der Waals surface area contributed by atoms with E-state index in [1.807, 2.05) is 11.0 Å². The van der Waals surface area contributed by atoms with Crippen molar-refractivity contribution in [2.75, 3.05) is 51.0 Å². The lowest BCUT2D eigenvalue weighted by molar-refractivity contribution is -0.138. The van der Waals surface area contributed by atoms with Crippen molar-refractivity contribution >= 4 is 41.0 Å². The van der Waals surface area contributed by atoms with E-state index in [1.165, 1.54) is 6.42 Å². The van der Waals surface area contributed by atoms with Crippen molar-refractivity contribution in [3.05, 3.63) is 24.3 Å². The highest BCUT2D eigenvalue weighted by atomic mass is 35.5. The Balaban J connectivity index is 0.00000245. The summed E-state index contributed by atoms with van der Waals surface area (Å²) >= 11 is 0. The Morgan fingerprint density at radius 2 is 1.75 bits per heavy atom. The Labute approximate surface area is 194 Å². The maximum atomic E-state index is 13.1. The van der Waals surface area contributed by atoms with E-state index in [0.717, 1.165) is 18.2 Å². The van der Waals surface area contributed by atoms with Crippen LogP contribution in [0.25, 0.3) is 10.9 Å². The zero-order chi connectivity index (χ0) is 21.5. The van der Waals surface area contributed by atoms with Crippen molar-refractivity contribution in [3.8, 4) is 11.5 Å². The molecule has 0 spiro atoms. The smallest absolute Gasteiger partial charge is 0.228 e. The lowest BCUT2D eigenvalue weighted by Crippen LogP contribution is -2.52. The van der Waals surface area contributed by atoms with E-state index in [4.69, 9.17) is 20.2 Å². The van der Waals surface area contributed by atoms with E-state index in [9.17, 15) is 4.79 Å². The summed E-state index contributed by atoms with van der Waals surface area (Å²) in [5.41, 5.74) is 6.95. The minimum atomic E-state index is 0. The molecule has 4 aliphatic rings. The van der Waals surface area contributed by atoms with Gasteiger partial charge in [0, 0.05) is 43.5 Å². The van der Waals surface area contributed by atoms with Crippen LogP contribution < -0.4 is 20.1 Å². The van der Waals surface area contributed by atoms with Crippen molar-refractivity contribution in [2.24, 2.45) is 17.8 Å². The van der Waals surface area contributed by atoms with E-state index < -0.39 is 0 Å². The lowest BCUT2D eigenvalue weighted by Gasteiger charge is -2.42. The van der Waals surface area contributed by atoms with Gasteiger partial charge in [-0.15, -0.1) is 12.4 Å². The highest BCUT2D eigenvalue weighted by Crippen LogP contribution is 2.41. The number of allylic oxidation sites excluding steroid dienone is 2. The molecule has 3 atom stereocenters. The average Bonchev–Trinajstić information content (AvgIpc) is 2.83. The fourth-order valence-corrected chi connectivity index (χ4v) is 5.18. The monoisotopic (exact) mass is 459 g/mol. The summed E-state index contributed by atoms with van der Waals surface area (Å²) < 4.78 is 10.8. The van der Waals surface area contributed by atoms with Crippen LogP contribution >= 0.6 is 12.4 Å². The molecule has 8 nitrogen and oxygen atoms in total. The summed E-state index contributed by atoms with van der Waals surface area (Å²) in [6.07, 6.45) is 7.97. The minimum Gasteiger partial charge on any atom is -0.493 e. The number of nitrogens with zero attached hydrogens (tertiary/aromatic N) is 4. The topological polar surface area (TPSA) is 93.8 Å². The minimum absolute atomic E-state index is 0. The van der Waals surface area contributed by atoms with Crippen molar-refractivity contribution in [2.45, 2.75) is 19.3 Å². The number of methoxy groups -OCH3 is 2. The quantitative estimate of drug-likeness (QED) is 0.702. The molecule has 1 aliphatic heterocycles. The second kappa shape index (κ2) is 9.02. The third-order valence-corrected chi connectivity index (χ3v) is 6.98. The largest absolute Gasteiger partial charge is 0.493 e. The van der Waals surface area contributed by atoms with Crippen LogP contribution in [0.15, 0.2) is 24.3 Å². The maximum Gasteiger partial charge on any atom is 0.228 e. The summed E-state index contributed by atoms with van der Waals surface area (Å²) in [7, 11) is 3.18. The fourth-order valence-electron chi connectivity index (χ4n) is 5.18. The van der Waals surface area contributed by atoms with Crippen molar-refractivity contribution in [1.82, 2.24) is 14.9 Å². The Bertz CT molecular complexity index is 1040. The number of ether oxygens (including phenoxy) is 2. The number of piperazine rings is 1.